The van der Waals surface area contributed by atoms with E-state index in [0.717, 1.165) is 44.4 Å². The molecule has 1 spiro atoms. The van der Waals surface area contributed by atoms with Crippen LogP contribution in [0.15, 0.2) is 0 Å². The second-order valence-electron chi connectivity index (χ2n) is 19.7. The minimum Gasteiger partial charge on any atom is -0.393 e. The summed E-state index contributed by atoms with van der Waals surface area (Å²) in [6.07, 6.45) is 15.8. The second-order valence-corrected chi connectivity index (χ2v) is 19.7. The molecule has 48 heavy (non-hydrogen) atoms. The minimum atomic E-state index is -0.752. The van der Waals surface area contributed by atoms with Crippen LogP contribution in [0.3, 0.4) is 0 Å². The first-order valence-corrected chi connectivity index (χ1v) is 20.5. The van der Waals surface area contributed by atoms with E-state index >= 15 is 0 Å². The van der Waals surface area contributed by atoms with Gasteiger partial charge in [-0.2, -0.15) is 0 Å². The van der Waals surface area contributed by atoms with Gasteiger partial charge in [0.2, 0.25) is 5.79 Å². The molecule has 274 valence electrons. The van der Waals surface area contributed by atoms with Crippen LogP contribution >= 0.6 is 0 Å². The van der Waals surface area contributed by atoms with Crippen molar-refractivity contribution in [2.24, 2.45) is 70.0 Å². The van der Waals surface area contributed by atoms with Crippen LogP contribution in [-0.4, -0.2) is 66.8 Å². The maximum Gasteiger partial charge on any atom is 0.201 e. The zero-order valence-electron chi connectivity index (χ0n) is 31.6. The van der Waals surface area contributed by atoms with Crippen molar-refractivity contribution in [2.45, 2.75) is 168 Å². The number of aliphatic hydroxyl groups excluding tert-OH is 1. The Balaban J connectivity index is 0.943. The predicted octanol–water partition coefficient (Wildman–Crippen LogP) is 8.19. The topological polar surface area (TPSA) is 69.6 Å². The number of hydrogen-bond acceptors (Lipinski definition) is 7. The minimum absolute atomic E-state index is 0.0787. The molecule has 0 aromatic carbocycles. The molecule has 0 aromatic heterocycles. The zero-order valence-corrected chi connectivity index (χ0v) is 31.6. The van der Waals surface area contributed by atoms with E-state index in [9.17, 15) is 5.11 Å². The molecule has 9 aliphatic rings. The average Bonchev–Trinajstić information content (AvgIpc) is 3.25. The molecule has 5 aliphatic carbocycles. The van der Waals surface area contributed by atoms with Gasteiger partial charge >= 0.3 is 0 Å². The third kappa shape index (κ3) is 5.19. The summed E-state index contributed by atoms with van der Waals surface area (Å²) in [6.45, 7) is 15.5. The zero-order chi connectivity index (χ0) is 33.8. The first-order valence-electron chi connectivity index (χ1n) is 20.5. The van der Waals surface area contributed by atoms with E-state index in [0.29, 0.717) is 52.8 Å². The van der Waals surface area contributed by atoms with Gasteiger partial charge in [-0.15, -0.1) is 0 Å². The SMILES string of the molecule is C[C@H]1[C@@H](O[C@@H]2CC[C@@]3(C)[C@H](CC[C@@H]4[C@@H]3C[C@H](O)[C@]3(C)[C@@H]([C@H](C)CCCN(C)C)CC[C@@H]43)C2)OC2O[C@@]3(C)CCC4[C@H](C)CC[C@@H]1[C@@]24OO3. The molecule has 4 saturated heterocycles. The van der Waals surface area contributed by atoms with E-state index in [1.165, 1.54) is 57.9 Å². The van der Waals surface area contributed by atoms with Crippen LogP contribution < -0.4 is 0 Å². The van der Waals surface area contributed by atoms with Crippen LogP contribution in [0.25, 0.3) is 0 Å². The van der Waals surface area contributed by atoms with Gasteiger partial charge in [0.25, 0.3) is 0 Å². The van der Waals surface area contributed by atoms with Crippen LogP contribution in [0.2, 0.25) is 0 Å². The molecule has 7 nitrogen and oxygen atoms in total. The van der Waals surface area contributed by atoms with Crippen LogP contribution in [0, 0.1) is 70.0 Å². The summed E-state index contributed by atoms with van der Waals surface area (Å²) < 4.78 is 20.6. The summed E-state index contributed by atoms with van der Waals surface area (Å²) in [5, 5.41) is 12.1. The normalized spacial score (nSPS) is 56.5. The Bertz CT molecular complexity index is 1180. The summed E-state index contributed by atoms with van der Waals surface area (Å²) in [6, 6.07) is 0. The van der Waals surface area contributed by atoms with Crippen molar-refractivity contribution in [3.05, 3.63) is 0 Å². The summed E-state index contributed by atoms with van der Waals surface area (Å²) >= 11 is 0. The highest BCUT2D eigenvalue weighted by Crippen LogP contribution is 2.69. The average molecular weight is 672 g/mol. The Morgan fingerprint density at radius 2 is 1.65 bits per heavy atom. The van der Waals surface area contributed by atoms with Gasteiger partial charge in [0, 0.05) is 18.3 Å². The van der Waals surface area contributed by atoms with Crippen LogP contribution in [0.4, 0.5) is 0 Å². The maximum absolute atomic E-state index is 12.1. The van der Waals surface area contributed by atoms with Crippen molar-refractivity contribution in [2.75, 3.05) is 20.6 Å². The lowest BCUT2D eigenvalue weighted by Crippen LogP contribution is -2.70. The Kier molecular flexibility index (Phi) is 8.99. The first kappa shape index (κ1) is 34.8. The highest BCUT2D eigenvalue weighted by atomic mass is 17.3. The number of rotatable bonds is 7. The molecule has 18 atom stereocenters. The standard InChI is InChI=1S/C41H69NO6/c1-24(10-9-21-42(7)8)30-15-16-33-29-13-12-27-22-28(17-19-38(27,4)34(29)23-35(43)40(30,33)6)44-36-26(3)32-14-11-25(2)31-18-20-39(5)46-37(45-36)41(31,32)48-47-39/h24-37,43H,9-23H2,1-8H3/t24-,25-,26-,27-,28-,29+,30-,31?,32+,33+,34+,35+,36+,37?,38+,39-,40-,41-/m1/s1. The largest absolute Gasteiger partial charge is 0.393 e. The van der Waals surface area contributed by atoms with Crippen LogP contribution in [-0.2, 0) is 24.0 Å². The molecular weight excluding hydrogens is 602 g/mol. The van der Waals surface area contributed by atoms with Gasteiger partial charge in [-0.1, -0.05) is 34.6 Å². The Morgan fingerprint density at radius 1 is 0.854 bits per heavy atom. The lowest BCUT2D eigenvalue weighted by atomic mass is 9.43. The molecule has 2 unspecified atom stereocenters. The van der Waals surface area contributed by atoms with Crippen LogP contribution in [0.5, 0.6) is 0 Å². The Morgan fingerprint density at radius 3 is 2.44 bits per heavy atom. The molecule has 9 fully saturated rings. The molecule has 0 radical (unpaired) electrons. The van der Waals surface area contributed by atoms with Crippen molar-refractivity contribution in [1.29, 1.82) is 0 Å². The fraction of sp³-hybridized carbons (Fsp3) is 1.00. The van der Waals surface area contributed by atoms with Crippen LogP contribution in [0.1, 0.15) is 131 Å². The van der Waals surface area contributed by atoms with E-state index in [1.807, 2.05) is 6.92 Å². The smallest absolute Gasteiger partial charge is 0.201 e. The highest BCUT2D eigenvalue weighted by Gasteiger charge is 2.70. The fourth-order valence-corrected chi connectivity index (χ4v) is 14.4. The summed E-state index contributed by atoms with van der Waals surface area (Å²) in [5.74, 6) is 4.80. The molecule has 0 aromatic rings. The molecule has 9 rings (SSSR count). The summed E-state index contributed by atoms with van der Waals surface area (Å²) in [5.41, 5.74) is -0.162. The third-order valence-corrected chi connectivity index (χ3v) is 17.2. The highest BCUT2D eigenvalue weighted by molar-refractivity contribution is 5.13. The molecule has 0 amide bonds. The number of nitrogens with zero attached hydrogens (tertiary/aromatic N) is 1. The lowest BCUT2D eigenvalue weighted by molar-refractivity contribution is -0.578. The van der Waals surface area contributed by atoms with E-state index < -0.39 is 17.7 Å². The number of hydrogen-bond donors (Lipinski definition) is 1. The molecule has 7 heteroatoms. The van der Waals surface area contributed by atoms with Gasteiger partial charge in [-0.05, 0) is 169 Å². The van der Waals surface area contributed by atoms with Crippen molar-refractivity contribution < 1.29 is 29.1 Å². The summed E-state index contributed by atoms with van der Waals surface area (Å²) in [7, 11) is 4.37. The molecule has 4 aliphatic heterocycles. The Hall–Kier alpha value is -0.280. The van der Waals surface area contributed by atoms with Crippen molar-refractivity contribution in [3.63, 3.8) is 0 Å². The predicted molar refractivity (Wildman–Crippen MR) is 185 cm³/mol. The number of aliphatic hydroxyl groups is 1. The Labute approximate surface area is 291 Å². The second kappa shape index (κ2) is 12.4. The summed E-state index contributed by atoms with van der Waals surface area (Å²) in [4.78, 5) is 14.8. The first-order chi connectivity index (χ1) is 22.8. The van der Waals surface area contributed by atoms with Crippen molar-refractivity contribution >= 4 is 0 Å². The van der Waals surface area contributed by atoms with E-state index in [2.05, 4.69) is 53.6 Å². The van der Waals surface area contributed by atoms with Crippen molar-refractivity contribution in [3.8, 4) is 0 Å². The van der Waals surface area contributed by atoms with Gasteiger partial charge in [-0.3, -0.25) is 0 Å². The van der Waals surface area contributed by atoms with Gasteiger partial charge < -0.3 is 24.2 Å². The lowest BCUT2D eigenvalue weighted by Gasteiger charge is -2.63. The molecule has 2 bridgehead atoms. The molecule has 5 saturated carbocycles. The number of ether oxygens (including phenoxy) is 3. The molecule has 1 N–H and O–H groups in total. The third-order valence-electron chi connectivity index (χ3n) is 17.2. The fourth-order valence-electron chi connectivity index (χ4n) is 14.4. The van der Waals surface area contributed by atoms with Gasteiger partial charge in [0.05, 0.1) is 12.2 Å². The van der Waals surface area contributed by atoms with Gasteiger partial charge in [0.1, 0.15) is 0 Å². The number of fused-ring (bicyclic) bond motifs is 7. The van der Waals surface area contributed by atoms with E-state index in [4.69, 9.17) is 24.0 Å². The monoisotopic (exact) mass is 672 g/mol. The van der Waals surface area contributed by atoms with E-state index in [1.54, 1.807) is 0 Å². The van der Waals surface area contributed by atoms with Gasteiger partial charge in [-0.25, -0.2) is 9.78 Å². The van der Waals surface area contributed by atoms with Gasteiger partial charge in [0.15, 0.2) is 18.2 Å². The quantitative estimate of drug-likeness (QED) is 0.216. The maximum atomic E-state index is 12.1. The molecular formula is C41H69NO6. The van der Waals surface area contributed by atoms with E-state index in [-0.39, 0.29) is 29.8 Å². The van der Waals surface area contributed by atoms with Crippen molar-refractivity contribution in [1.82, 2.24) is 4.90 Å². The molecule has 4 heterocycles.